The molecular formula is C9H11Br2NS. The average Bonchev–Trinajstić information content (AvgIpc) is 2.30. The Labute approximate surface area is 99.2 Å². The zero-order chi connectivity index (χ0) is 9.64. The van der Waals surface area contributed by atoms with E-state index in [4.69, 9.17) is 0 Å². The second-order valence-corrected chi connectivity index (χ2v) is 7.33. The summed E-state index contributed by atoms with van der Waals surface area (Å²) in [4.78, 5) is 1.41. The Bertz CT molecular complexity index is 313. The van der Waals surface area contributed by atoms with Crippen LogP contribution in [0, 0.1) is 5.41 Å². The molecule has 13 heavy (non-hydrogen) atoms. The van der Waals surface area contributed by atoms with Gasteiger partial charge in [0.15, 0.2) is 0 Å². The molecule has 1 aromatic rings. The van der Waals surface area contributed by atoms with Gasteiger partial charge in [0.25, 0.3) is 0 Å². The number of thiophene rings is 1. The Hall–Kier alpha value is 0.620. The van der Waals surface area contributed by atoms with Gasteiger partial charge >= 0.3 is 0 Å². The van der Waals surface area contributed by atoms with E-state index in [2.05, 4.69) is 57.1 Å². The predicted octanol–water partition coefficient (Wildman–Crippen LogP) is 3.94. The van der Waals surface area contributed by atoms with Gasteiger partial charge in [-0.15, -0.1) is 11.3 Å². The fourth-order valence-corrected chi connectivity index (χ4v) is 3.98. The monoisotopic (exact) mass is 323 g/mol. The molecule has 0 aromatic carbocycles. The highest BCUT2D eigenvalue weighted by Gasteiger charge is 2.40. The van der Waals surface area contributed by atoms with Gasteiger partial charge in [-0.05, 0) is 43.3 Å². The van der Waals surface area contributed by atoms with E-state index in [9.17, 15) is 0 Å². The van der Waals surface area contributed by atoms with E-state index in [1.165, 1.54) is 8.66 Å². The summed E-state index contributed by atoms with van der Waals surface area (Å²) in [5.41, 5.74) is 0.406. The second-order valence-electron chi connectivity index (χ2n) is 4.07. The molecule has 72 valence electrons. The van der Waals surface area contributed by atoms with Gasteiger partial charge in [-0.25, -0.2) is 0 Å². The SMILES string of the molecule is CC1(C)CNC1c1cc(Br)c(Br)s1. The third kappa shape index (κ3) is 1.74. The van der Waals surface area contributed by atoms with E-state index in [0.29, 0.717) is 11.5 Å². The molecule has 1 aliphatic rings. The molecular weight excluding hydrogens is 314 g/mol. The van der Waals surface area contributed by atoms with Gasteiger partial charge in [-0.3, -0.25) is 0 Å². The molecule has 0 aliphatic carbocycles. The molecule has 1 atom stereocenters. The molecule has 2 rings (SSSR count). The predicted molar refractivity (Wildman–Crippen MR) is 64.2 cm³/mol. The van der Waals surface area contributed by atoms with Gasteiger partial charge in [0.05, 0.1) is 3.79 Å². The minimum Gasteiger partial charge on any atom is -0.308 e. The topological polar surface area (TPSA) is 12.0 Å². The normalized spacial score (nSPS) is 25.7. The summed E-state index contributed by atoms with van der Waals surface area (Å²) >= 11 is 8.84. The van der Waals surface area contributed by atoms with Crippen LogP contribution in [0.1, 0.15) is 24.8 Å². The summed E-state index contributed by atoms with van der Waals surface area (Å²) in [7, 11) is 0. The molecule has 0 bridgehead atoms. The van der Waals surface area contributed by atoms with Gasteiger partial charge in [0, 0.05) is 21.9 Å². The van der Waals surface area contributed by atoms with Crippen LogP contribution in [0.5, 0.6) is 0 Å². The maximum absolute atomic E-state index is 3.52. The Morgan fingerprint density at radius 3 is 2.54 bits per heavy atom. The summed E-state index contributed by atoms with van der Waals surface area (Å²) in [5, 5.41) is 3.46. The Morgan fingerprint density at radius 1 is 1.54 bits per heavy atom. The van der Waals surface area contributed by atoms with Crippen LogP contribution in [0.15, 0.2) is 14.3 Å². The fraction of sp³-hybridized carbons (Fsp3) is 0.556. The number of rotatable bonds is 1. The van der Waals surface area contributed by atoms with Crippen molar-refractivity contribution in [3.05, 3.63) is 19.2 Å². The molecule has 4 heteroatoms. The lowest BCUT2D eigenvalue weighted by Gasteiger charge is -2.45. The highest BCUT2D eigenvalue weighted by atomic mass is 79.9. The van der Waals surface area contributed by atoms with E-state index in [1.807, 2.05) is 11.3 Å². The van der Waals surface area contributed by atoms with Crippen molar-refractivity contribution >= 4 is 43.2 Å². The van der Waals surface area contributed by atoms with Gasteiger partial charge in [-0.1, -0.05) is 13.8 Å². The van der Waals surface area contributed by atoms with Crippen molar-refractivity contribution in [2.75, 3.05) is 6.54 Å². The van der Waals surface area contributed by atoms with Gasteiger partial charge in [0.2, 0.25) is 0 Å². The van der Waals surface area contributed by atoms with Crippen molar-refractivity contribution in [2.24, 2.45) is 5.41 Å². The van der Waals surface area contributed by atoms with Gasteiger partial charge < -0.3 is 5.32 Å². The van der Waals surface area contributed by atoms with Crippen LogP contribution in [-0.4, -0.2) is 6.54 Å². The van der Waals surface area contributed by atoms with Crippen molar-refractivity contribution in [1.29, 1.82) is 0 Å². The maximum Gasteiger partial charge on any atom is 0.0843 e. The number of hydrogen-bond acceptors (Lipinski definition) is 2. The van der Waals surface area contributed by atoms with Crippen LogP contribution in [0.25, 0.3) is 0 Å². The number of halogens is 2. The van der Waals surface area contributed by atoms with E-state index >= 15 is 0 Å². The lowest BCUT2D eigenvalue weighted by Crippen LogP contribution is -2.52. The summed E-state index contributed by atoms with van der Waals surface area (Å²) in [6, 6.07) is 2.73. The average molecular weight is 325 g/mol. The Balaban J connectivity index is 2.27. The van der Waals surface area contributed by atoms with Crippen molar-refractivity contribution < 1.29 is 0 Å². The van der Waals surface area contributed by atoms with Crippen LogP contribution in [0.3, 0.4) is 0 Å². The Kier molecular flexibility index (Phi) is 2.60. The maximum atomic E-state index is 3.52. The molecule has 1 saturated heterocycles. The Morgan fingerprint density at radius 2 is 2.23 bits per heavy atom. The molecule has 0 saturated carbocycles. The molecule has 1 aromatic heterocycles. The third-order valence-corrected chi connectivity index (χ3v) is 5.81. The van der Waals surface area contributed by atoms with Crippen molar-refractivity contribution in [3.8, 4) is 0 Å². The number of nitrogens with one attached hydrogen (secondary N) is 1. The lowest BCUT2D eigenvalue weighted by molar-refractivity contribution is 0.131. The van der Waals surface area contributed by atoms with E-state index in [0.717, 1.165) is 11.0 Å². The molecule has 1 N–H and O–H groups in total. The first kappa shape index (κ1) is 10.1. The molecule has 1 unspecified atom stereocenters. The first-order valence-electron chi connectivity index (χ1n) is 4.19. The van der Waals surface area contributed by atoms with E-state index in [1.54, 1.807) is 0 Å². The number of hydrogen-bond donors (Lipinski definition) is 1. The summed E-state index contributed by atoms with van der Waals surface area (Å²) in [5.74, 6) is 0. The molecule has 0 spiro atoms. The van der Waals surface area contributed by atoms with Crippen LogP contribution in [0.4, 0.5) is 0 Å². The van der Waals surface area contributed by atoms with Crippen LogP contribution >= 0.6 is 43.2 Å². The van der Waals surface area contributed by atoms with Crippen molar-refractivity contribution in [2.45, 2.75) is 19.9 Å². The smallest absolute Gasteiger partial charge is 0.0843 e. The molecule has 1 aliphatic heterocycles. The fourth-order valence-electron chi connectivity index (χ4n) is 1.60. The van der Waals surface area contributed by atoms with E-state index in [-0.39, 0.29) is 0 Å². The lowest BCUT2D eigenvalue weighted by atomic mass is 9.76. The van der Waals surface area contributed by atoms with Crippen LogP contribution in [0.2, 0.25) is 0 Å². The highest BCUT2D eigenvalue weighted by molar-refractivity contribution is 9.13. The molecule has 2 heterocycles. The van der Waals surface area contributed by atoms with Crippen molar-refractivity contribution in [1.82, 2.24) is 5.32 Å². The standard InChI is InChI=1S/C9H11Br2NS/c1-9(2)4-12-7(9)6-3-5(10)8(11)13-6/h3,7,12H,4H2,1-2H3. The quantitative estimate of drug-likeness (QED) is 0.825. The summed E-state index contributed by atoms with van der Waals surface area (Å²) in [6.45, 7) is 5.72. The largest absolute Gasteiger partial charge is 0.308 e. The molecule has 1 fully saturated rings. The van der Waals surface area contributed by atoms with Gasteiger partial charge in [-0.2, -0.15) is 0 Å². The molecule has 0 radical (unpaired) electrons. The first-order valence-corrected chi connectivity index (χ1v) is 6.59. The van der Waals surface area contributed by atoms with Gasteiger partial charge in [0.1, 0.15) is 0 Å². The summed E-state index contributed by atoms with van der Waals surface area (Å²) < 4.78 is 2.35. The zero-order valence-electron chi connectivity index (χ0n) is 7.53. The van der Waals surface area contributed by atoms with Crippen LogP contribution < -0.4 is 5.32 Å². The molecule has 1 nitrogen and oxygen atoms in total. The van der Waals surface area contributed by atoms with Crippen molar-refractivity contribution in [3.63, 3.8) is 0 Å². The second kappa shape index (κ2) is 3.33. The summed E-state index contributed by atoms with van der Waals surface area (Å²) in [6.07, 6.45) is 0. The molecule has 0 amide bonds. The zero-order valence-corrected chi connectivity index (χ0v) is 11.5. The van der Waals surface area contributed by atoms with Crippen LogP contribution in [-0.2, 0) is 0 Å². The van der Waals surface area contributed by atoms with E-state index < -0.39 is 0 Å². The minimum atomic E-state index is 0.406. The first-order chi connectivity index (χ1) is 6.00. The highest BCUT2D eigenvalue weighted by Crippen LogP contribution is 2.45. The third-order valence-electron chi connectivity index (χ3n) is 2.49. The minimum absolute atomic E-state index is 0.406.